The van der Waals surface area contributed by atoms with Crippen molar-refractivity contribution in [2.45, 2.75) is 98.1 Å². The Morgan fingerprint density at radius 1 is 0.879 bits per heavy atom. The van der Waals surface area contributed by atoms with Gasteiger partial charge in [-0.3, -0.25) is 0 Å². The molecule has 1 aliphatic heterocycles. The molecular weight excluding hydrogens is 763 g/mol. The van der Waals surface area contributed by atoms with Crippen LogP contribution in [0.1, 0.15) is 77.2 Å². The summed E-state index contributed by atoms with van der Waals surface area (Å²) in [6, 6.07) is 31.9. The molecule has 9 heteroatoms. The number of hydrogen-bond acceptors (Lipinski definition) is 9. The Morgan fingerprint density at radius 2 is 1.64 bits per heavy atom. The first-order valence-corrected chi connectivity index (χ1v) is 22.8. The van der Waals surface area contributed by atoms with Gasteiger partial charge in [-0.15, -0.1) is 30.1 Å². The molecule has 1 saturated carbocycles. The number of thioether (sulfide) groups is 2. The largest absolute Gasteiger partial charge is 0.493 e. The Bertz CT molecular complexity index is 2050. The van der Waals surface area contributed by atoms with E-state index in [0.717, 1.165) is 77.5 Å². The Balaban J connectivity index is 1.36. The Labute approximate surface area is 353 Å². The van der Waals surface area contributed by atoms with E-state index in [1.54, 1.807) is 23.5 Å². The van der Waals surface area contributed by atoms with E-state index in [0.29, 0.717) is 19.6 Å². The second kappa shape index (κ2) is 19.6. The Hall–Kier alpha value is -3.73. The number of fused-ring (bicyclic) bond motifs is 3. The van der Waals surface area contributed by atoms with Crippen molar-refractivity contribution in [2.75, 3.05) is 32.2 Å². The van der Waals surface area contributed by atoms with Crippen molar-refractivity contribution < 1.29 is 29.3 Å². The highest BCUT2D eigenvalue weighted by Gasteiger charge is 2.64. The van der Waals surface area contributed by atoms with Crippen LogP contribution in [-0.4, -0.2) is 64.7 Å². The van der Waals surface area contributed by atoms with Crippen molar-refractivity contribution in [3.05, 3.63) is 121 Å². The maximum Gasteiger partial charge on any atom is 0.231 e. The van der Waals surface area contributed by atoms with Gasteiger partial charge in [-0.05, 0) is 117 Å². The van der Waals surface area contributed by atoms with Crippen LogP contribution in [0.3, 0.4) is 0 Å². The molecule has 308 valence electrons. The highest BCUT2D eigenvalue weighted by atomic mass is 32.2. The predicted octanol–water partition coefficient (Wildman–Crippen LogP) is 11.2. The minimum atomic E-state index is -1.06. The third kappa shape index (κ3) is 9.82. The molecule has 0 amide bonds. The van der Waals surface area contributed by atoms with Gasteiger partial charge in [0.2, 0.25) is 5.79 Å². The fraction of sp³-hybridized carbons (Fsp3) is 0.449. The highest BCUT2D eigenvalue weighted by molar-refractivity contribution is 8.00. The number of hydrogen-bond donors (Lipinski definition) is 2. The lowest BCUT2D eigenvalue weighted by Crippen LogP contribution is -2.64. The van der Waals surface area contributed by atoms with Crippen molar-refractivity contribution in [1.82, 2.24) is 0 Å². The van der Waals surface area contributed by atoms with E-state index in [9.17, 15) is 10.2 Å². The molecule has 0 spiro atoms. The van der Waals surface area contributed by atoms with Crippen LogP contribution in [0.25, 0.3) is 10.8 Å². The lowest BCUT2D eigenvalue weighted by molar-refractivity contribution is -0.223. The molecule has 7 rings (SSSR count). The molecule has 1 fully saturated rings. The number of aliphatic hydroxyl groups is 2. The van der Waals surface area contributed by atoms with Gasteiger partial charge in [0.1, 0.15) is 17.1 Å². The van der Waals surface area contributed by atoms with Gasteiger partial charge in [-0.2, -0.15) is 0 Å². The number of rotatable bonds is 19. The number of benzene rings is 4. The van der Waals surface area contributed by atoms with Crippen molar-refractivity contribution in [2.24, 2.45) is 22.9 Å². The third-order valence-corrected chi connectivity index (χ3v) is 13.7. The SMILES string of the molecule is C=CCOC12Oc3ccc(OCCSc4ccccc4)cc3C3C(CCCCO)C(CCCCO)C=C(C(=NOC(C)(C)C)CC1Sc1ccc4ccccc4c1)C32. The third-order valence-electron chi connectivity index (χ3n) is 11.4. The lowest BCUT2D eigenvalue weighted by Gasteiger charge is -2.58. The van der Waals surface area contributed by atoms with Gasteiger partial charge in [0, 0.05) is 46.7 Å². The number of nitrogens with zero attached hydrogens (tertiary/aromatic N) is 1. The zero-order valence-electron chi connectivity index (χ0n) is 34.2. The molecule has 1 heterocycles. The maximum atomic E-state index is 9.97. The predicted molar refractivity (Wildman–Crippen MR) is 238 cm³/mol. The van der Waals surface area contributed by atoms with Crippen molar-refractivity contribution in [3.63, 3.8) is 0 Å². The molecule has 0 radical (unpaired) electrons. The Kier molecular flexibility index (Phi) is 14.3. The summed E-state index contributed by atoms with van der Waals surface area (Å²) in [5.41, 5.74) is 2.69. The normalized spacial score (nSPS) is 24.4. The first kappa shape index (κ1) is 42.4. The van der Waals surface area contributed by atoms with Crippen LogP contribution >= 0.6 is 23.5 Å². The highest BCUT2D eigenvalue weighted by Crippen LogP contribution is 2.63. The van der Waals surface area contributed by atoms with E-state index >= 15 is 0 Å². The summed E-state index contributed by atoms with van der Waals surface area (Å²) in [6.45, 7) is 11.4. The molecule has 4 aromatic rings. The van der Waals surface area contributed by atoms with Crippen molar-refractivity contribution >= 4 is 40.0 Å². The van der Waals surface area contributed by atoms with Gasteiger partial charge in [0.15, 0.2) is 0 Å². The van der Waals surface area contributed by atoms with E-state index in [1.807, 2.05) is 39.0 Å². The summed E-state index contributed by atoms with van der Waals surface area (Å²) in [4.78, 5) is 8.64. The summed E-state index contributed by atoms with van der Waals surface area (Å²) >= 11 is 3.57. The molecule has 7 nitrogen and oxygen atoms in total. The fourth-order valence-electron chi connectivity index (χ4n) is 8.95. The van der Waals surface area contributed by atoms with Crippen molar-refractivity contribution in [1.29, 1.82) is 0 Å². The zero-order valence-corrected chi connectivity index (χ0v) is 35.8. The molecule has 58 heavy (non-hydrogen) atoms. The molecule has 2 N–H and O–H groups in total. The fourth-order valence-corrected chi connectivity index (χ4v) is 11.0. The van der Waals surface area contributed by atoms with Gasteiger partial charge < -0.3 is 29.3 Å². The van der Waals surface area contributed by atoms with E-state index in [2.05, 4.69) is 91.5 Å². The van der Waals surface area contributed by atoms with E-state index in [-0.39, 0.29) is 42.1 Å². The Morgan fingerprint density at radius 3 is 2.40 bits per heavy atom. The number of allylic oxidation sites excluding steroid dienone is 1. The number of unbranched alkanes of at least 4 members (excludes halogenated alkanes) is 2. The van der Waals surface area contributed by atoms with Crippen LogP contribution in [0.5, 0.6) is 11.5 Å². The second-order valence-electron chi connectivity index (χ2n) is 16.6. The summed E-state index contributed by atoms with van der Waals surface area (Å²) in [5.74, 6) is 1.60. The van der Waals surface area contributed by atoms with Gasteiger partial charge >= 0.3 is 0 Å². The minimum absolute atomic E-state index is 0.00605. The second-order valence-corrected chi connectivity index (χ2v) is 19.0. The zero-order chi connectivity index (χ0) is 40.5. The number of aliphatic hydroxyl groups excluding tert-OH is 2. The monoisotopic (exact) mass is 821 g/mol. The molecule has 6 atom stereocenters. The molecule has 0 bridgehead atoms. The van der Waals surface area contributed by atoms with Crippen LogP contribution < -0.4 is 9.47 Å². The topological polar surface area (TPSA) is 89.7 Å². The standard InChI is InChI=1S/C49H59NO6S2/c1-5-27-54-49-45(58-39-23-21-34-15-9-10-16-35(34)30-39)33-43(50-56-48(2,3)4)41-31-36(17-11-13-25-51)40(20-12-14-26-52)46(47(41)49)42-32-37(22-24-44(42)55-49)53-28-29-57-38-18-7-6-8-19-38/h5-10,15-16,18-19,21-24,30-32,36,40,45-47,51-52H,1,11-14,17,20,25-29,33H2,2-4H3. The van der Waals surface area contributed by atoms with E-state index in [4.69, 9.17) is 24.2 Å². The van der Waals surface area contributed by atoms with Crippen molar-refractivity contribution in [3.8, 4) is 11.5 Å². The molecule has 3 aliphatic rings. The van der Waals surface area contributed by atoms with Crippen LogP contribution in [0.15, 0.2) is 130 Å². The minimum Gasteiger partial charge on any atom is -0.493 e. The maximum absolute atomic E-state index is 9.97. The molecule has 0 aromatic heterocycles. The molecule has 4 aromatic carbocycles. The lowest BCUT2D eigenvalue weighted by atomic mass is 9.56. The van der Waals surface area contributed by atoms with E-state index < -0.39 is 11.4 Å². The summed E-state index contributed by atoms with van der Waals surface area (Å²) in [6.07, 6.45) is 10.0. The van der Waals surface area contributed by atoms with Gasteiger partial charge in [0.05, 0.1) is 30.1 Å². The van der Waals surface area contributed by atoms with Crippen LogP contribution in [0, 0.1) is 17.8 Å². The van der Waals surface area contributed by atoms with Gasteiger partial charge in [-0.25, -0.2) is 0 Å². The first-order valence-electron chi connectivity index (χ1n) is 21.0. The summed E-state index contributed by atoms with van der Waals surface area (Å²) in [7, 11) is 0. The molecule has 6 unspecified atom stereocenters. The molecule has 2 aliphatic carbocycles. The molecular formula is C49H59NO6S2. The summed E-state index contributed by atoms with van der Waals surface area (Å²) < 4.78 is 21.0. The van der Waals surface area contributed by atoms with Crippen LogP contribution in [0.2, 0.25) is 0 Å². The summed E-state index contributed by atoms with van der Waals surface area (Å²) in [5, 5.41) is 27.0. The average molecular weight is 822 g/mol. The number of ether oxygens (including phenoxy) is 3. The molecule has 0 saturated heterocycles. The quantitative estimate of drug-likeness (QED) is 0.0418. The first-order chi connectivity index (χ1) is 28.2. The van der Waals surface area contributed by atoms with Gasteiger partial charge in [0.25, 0.3) is 0 Å². The smallest absolute Gasteiger partial charge is 0.231 e. The van der Waals surface area contributed by atoms with E-state index in [1.165, 1.54) is 15.7 Å². The number of oxime groups is 1. The average Bonchev–Trinajstić information content (AvgIpc) is 3.23. The van der Waals surface area contributed by atoms with Gasteiger partial charge in [-0.1, -0.05) is 78.7 Å². The van der Waals surface area contributed by atoms with Crippen LogP contribution in [0.4, 0.5) is 0 Å². The van der Waals surface area contributed by atoms with Crippen LogP contribution in [-0.2, 0) is 9.57 Å².